The Morgan fingerprint density at radius 2 is 1.69 bits per heavy atom. The van der Waals surface area contributed by atoms with Gasteiger partial charge in [-0.15, -0.1) is 0 Å². The second kappa shape index (κ2) is 8.85. The quantitative estimate of drug-likeness (QED) is 0.809. The summed E-state index contributed by atoms with van der Waals surface area (Å²) in [5.74, 6) is 0.111. The van der Waals surface area contributed by atoms with Crippen molar-refractivity contribution in [3.05, 3.63) is 33.3 Å². The topological polar surface area (TPSA) is 49.6 Å². The molecule has 0 aromatic heterocycles. The molecule has 1 aromatic rings. The Morgan fingerprint density at radius 1 is 1.12 bits per heavy atom. The zero-order chi connectivity index (χ0) is 18.7. The van der Waals surface area contributed by atoms with E-state index in [0.717, 1.165) is 36.0 Å². The van der Waals surface area contributed by atoms with E-state index in [0.29, 0.717) is 12.5 Å². The van der Waals surface area contributed by atoms with Crippen LogP contribution in [-0.2, 0) is 11.2 Å². The van der Waals surface area contributed by atoms with Crippen LogP contribution in [0.2, 0.25) is 0 Å². The highest BCUT2D eigenvalue weighted by atomic mass is 79.9. The largest absolute Gasteiger partial charge is 0.341 e. The fourth-order valence-electron chi connectivity index (χ4n) is 4.46. The number of hydrogen-bond acceptors (Lipinski definition) is 3. The molecule has 3 rings (SSSR count). The van der Waals surface area contributed by atoms with Gasteiger partial charge in [-0.05, 0) is 75.7 Å². The summed E-state index contributed by atoms with van der Waals surface area (Å²) in [5.41, 5.74) is 9.82. The molecule has 1 atom stereocenters. The molecular formula is C21H32BrN3O. The highest BCUT2D eigenvalue weighted by Crippen LogP contribution is 2.24. The molecule has 1 amide bonds. The average molecular weight is 422 g/mol. The van der Waals surface area contributed by atoms with Crippen LogP contribution in [0.4, 0.5) is 0 Å². The third kappa shape index (κ3) is 4.68. The third-order valence-corrected chi connectivity index (χ3v) is 7.20. The number of piperidine rings is 2. The monoisotopic (exact) mass is 421 g/mol. The van der Waals surface area contributed by atoms with Gasteiger partial charge in [0.2, 0.25) is 5.91 Å². The lowest BCUT2D eigenvalue weighted by atomic mass is 9.98. The molecule has 1 aromatic carbocycles. The van der Waals surface area contributed by atoms with Crippen molar-refractivity contribution in [2.75, 3.05) is 26.2 Å². The molecule has 2 aliphatic heterocycles. The van der Waals surface area contributed by atoms with E-state index in [1.54, 1.807) is 0 Å². The number of likely N-dealkylation sites (tertiary alicyclic amines) is 2. The van der Waals surface area contributed by atoms with E-state index in [4.69, 9.17) is 5.73 Å². The van der Waals surface area contributed by atoms with Gasteiger partial charge in [-0.1, -0.05) is 34.5 Å². The molecule has 4 nitrogen and oxygen atoms in total. The van der Waals surface area contributed by atoms with Gasteiger partial charge >= 0.3 is 0 Å². The third-order valence-electron chi connectivity index (χ3n) is 5.95. The second-order valence-corrected chi connectivity index (χ2v) is 8.80. The Hall–Kier alpha value is -0.910. The first-order valence-electron chi connectivity index (χ1n) is 9.99. The number of carbonyl (C=O) groups is 1. The predicted molar refractivity (Wildman–Crippen MR) is 110 cm³/mol. The zero-order valence-electron chi connectivity index (χ0n) is 16.1. The molecule has 144 valence electrons. The molecule has 0 unspecified atom stereocenters. The molecule has 0 saturated carbocycles. The van der Waals surface area contributed by atoms with E-state index in [1.807, 2.05) is 4.90 Å². The van der Waals surface area contributed by atoms with Crippen molar-refractivity contribution in [3.8, 4) is 0 Å². The number of nitrogens with zero attached hydrogens (tertiary/aromatic N) is 2. The molecule has 0 bridgehead atoms. The maximum Gasteiger partial charge on any atom is 0.239 e. The van der Waals surface area contributed by atoms with Gasteiger partial charge < -0.3 is 15.5 Å². The highest BCUT2D eigenvalue weighted by Gasteiger charge is 2.29. The summed E-state index contributed by atoms with van der Waals surface area (Å²) in [6.07, 6.45) is 6.83. The number of nitrogens with two attached hydrogens (primary N) is 1. The molecule has 0 radical (unpaired) electrons. The first kappa shape index (κ1) is 19.8. The van der Waals surface area contributed by atoms with Crippen molar-refractivity contribution in [2.24, 2.45) is 5.73 Å². The number of benzene rings is 1. The van der Waals surface area contributed by atoms with Crippen LogP contribution in [0.1, 0.15) is 48.8 Å². The molecule has 26 heavy (non-hydrogen) atoms. The Balaban J connectivity index is 1.53. The number of hydrogen-bond donors (Lipinski definition) is 1. The fraction of sp³-hybridized carbons (Fsp3) is 0.667. The predicted octanol–water partition coefficient (Wildman–Crippen LogP) is 3.41. The average Bonchev–Trinajstić information content (AvgIpc) is 2.66. The van der Waals surface area contributed by atoms with Crippen LogP contribution in [0, 0.1) is 13.8 Å². The number of rotatable bonds is 4. The molecule has 2 N–H and O–H groups in total. The van der Waals surface area contributed by atoms with Crippen LogP contribution in [0.3, 0.4) is 0 Å². The Bertz CT molecular complexity index is 611. The van der Waals surface area contributed by atoms with Crippen molar-refractivity contribution in [3.63, 3.8) is 0 Å². The van der Waals surface area contributed by atoms with Crippen LogP contribution >= 0.6 is 15.9 Å². The summed E-state index contributed by atoms with van der Waals surface area (Å²) in [6, 6.07) is 4.48. The lowest BCUT2D eigenvalue weighted by molar-refractivity contribution is -0.134. The fourth-order valence-corrected chi connectivity index (χ4v) is 4.69. The number of amides is 1. The Kier molecular flexibility index (Phi) is 6.76. The van der Waals surface area contributed by atoms with Crippen molar-refractivity contribution in [1.29, 1.82) is 0 Å². The zero-order valence-corrected chi connectivity index (χ0v) is 17.7. The van der Waals surface area contributed by atoms with Crippen molar-refractivity contribution in [2.45, 2.75) is 64.5 Å². The molecule has 2 saturated heterocycles. The maximum absolute atomic E-state index is 12.8. The summed E-state index contributed by atoms with van der Waals surface area (Å²) in [7, 11) is 0. The van der Waals surface area contributed by atoms with Gasteiger partial charge in [0.15, 0.2) is 0 Å². The first-order valence-corrected chi connectivity index (χ1v) is 10.8. The summed E-state index contributed by atoms with van der Waals surface area (Å²) in [5, 5.41) is 0. The minimum Gasteiger partial charge on any atom is -0.341 e. The lowest BCUT2D eigenvalue weighted by Crippen LogP contribution is -2.52. The normalized spacial score (nSPS) is 21.0. The van der Waals surface area contributed by atoms with E-state index in [9.17, 15) is 4.79 Å². The van der Waals surface area contributed by atoms with E-state index in [2.05, 4.69) is 46.8 Å². The van der Waals surface area contributed by atoms with Crippen LogP contribution in [-0.4, -0.2) is 54.0 Å². The summed E-state index contributed by atoms with van der Waals surface area (Å²) >= 11 is 3.60. The van der Waals surface area contributed by atoms with Gasteiger partial charge in [0.25, 0.3) is 0 Å². The minimum atomic E-state index is -0.443. The Morgan fingerprint density at radius 3 is 2.27 bits per heavy atom. The molecule has 2 aliphatic rings. The first-order chi connectivity index (χ1) is 12.5. The van der Waals surface area contributed by atoms with Crippen molar-refractivity contribution >= 4 is 21.8 Å². The number of carbonyl (C=O) groups excluding carboxylic acids is 1. The standard InChI is InChI=1S/C21H32BrN3O/c1-15-12-17(13-16(2)20(15)22)14-19(23)21(26)25-10-6-18(7-11-25)24-8-4-3-5-9-24/h12-13,18-19H,3-11,14,23H2,1-2H3/t19-/m1/s1. The van der Waals surface area contributed by atoms with E-state index in [-0.39, 0.29) is 5.91 Å². The molecule has 5 heteroatoms. The molecule has 0 aliphatic carbocycles. The van der Waals surface area contributed by atoms with Gasteiger partial charge in [-0.2, -0.15) is 0 Å². The van der Waals surface area contributed by atoms with Crippen LogP contribution in [0.25, 0.3) is 0 Å². The van der Waals surface area contributed by atoms with Gasteiger partial charge in [-0.3, -0.25) is 4.79 Å². The smallest absolute Gasteiger partial charge is 0.239 e. The van der Waals surface area contributed by atoms with E-state index >= 15 is 0 Å². The number of aryl methyl sites for hydroxylation is 2. The Labute approximate surface area is 166 Å². The highest BCUT2D eigenvalue weighted by molar-refractivity contribution is 9.10. The van der Waals surface area contributed by atoms with E-state index < -0.39 is 6.04 Å². The minimum absolute atomic E-state index is 0.111. The molecule has 2 fully saturated rings. The van der Waals surface area contributed by atoms with Crippen LogP contribution < -0.4 is 5.73 Å². The molecule has 2 heterocycles. The number of halogens is 1. The van der Waals surface area contributed by atoms with Crippen LogP contribution in [0.5, 0.6) is 0 Å². The summed E-state index contributed by atoms with van der Waals surface area (Å²) in [4.78, 5) is 17.4. The summed E-state index contributed by atoms with van der Waals surface area (Å²) in [6.45, 7) is 8.34. The maximum atomic E-state index is 12.8. The molecular weight excluding hydrogens is 390 g/mol. The van der Waals surface area contributed by atoms with Gasteiger partial charge in [0.1, 0.15) is 0 Å². The van der Waals surface area contributed by atoms with E-state index in [1.165, 1.54) is 43.5 Å². The molecule has 0 spiro atoms. The SMILES string of the molecule is Cc1cc(C[C@@H](N)C(=O)N2CCC(N3CCCCC3)CC2)cc(C)c1Br. The van der Waals surface area contributed by atoms with Crippen molar-refractivity contribution < 1.29 is 4.79 Å². The van der Waals surface area contributed by atoms with Crippen molar-refractivity contribution in [1.82, 2.24) is 9.80 Å². The lowest BCUT2D eigenvalue weighted by Gasteiger charge is -2.40. The summed E-state index contributed by atoms with van der Waals surface area (Å²) < 4.78 is 1.14. The van der Waals surface area contributed by atoms with Gasteiger partial charge in [-0.25, -0.2) is 0 Å². The van der Waals surface area contributed by atoms with Crippen LogP contribution in [0.15, 0.2) is 16.6 Å². The van der Waals surface area contributed by atoms with Gasteiger partial charge in [0, 0.05) is 23.6 Å². The second-order valence-electron chi connectivity index (χ2n) is 8.01. The van der Waals surface area contributed by atoms with Gasteiger partial charge in [0.05, 0.1) is 6.04 Å².